The lowest BCUT2D eigenvalue weighted by Crippen LogP contribution is -2.22. The Hall–Kier alpha value is -0.670. The van der Waals surface area contributed by atoms with Crippen molar-refractivity contribution in [1.29, 1.82) is 0 Å². The SMILES string of the molecule is CNCc1cc(S(=O)(=O)NCc2ccc(Br)s2)cn1C. The van der Waals surface area contributed by atoms with Gasteiger partial charge >= 0.3 is 0 Å². The van der Waals surface area contributed by atoms with Gasteiger partial charge in [-0.2, -0.15) is 0 Å². The van der Waals surface area contributed by atoms with E-state index in [1.54, 1.807) is 12.3 Å². The zero-order valence-electron chi connectivity index (χ0n) is 11.2. The zero-order valence-corrected chi connectivity index (χ0v) is 14.4. The molecule has 20 heavy (non-hydrogen) atoms. The molecule has 0 radical (unpaired) electrons. The topological polar surface area (TPSA) is 63.1 Å². The molecular weight excluding hydrogens is 362 g/mol. The van der Waals surface area contributed by atoms with E-state index in [9.17, 15) is 8.42 Å². The van der Waals surface area contributed by atoms with Gasteiger partial charge in [-0.1, -0.05) is 0 Å². The number of thiophene rings is 1. The van der Waals surface area contributed by atoms with Crippen LogP contribution in [0.15, 0.2) is 33.1 Å². The van der Waals surface area contributed by atoms with Crippen molar-refractivity contribution in [2.24, 2.45) is 7.05 Å². The minimum absolute atomic E-state index is 0.292. The number of halogens is 1. The van der Waals surface area contributed by atoms with E-state index in [-0.39, 0.29) is 0 Å². The van der Waals surface area contributed by atoms with Crippen LogP contribution in [0.2, 0.25) is 0 Å². The second-order valence-electron chi connectivity index (χ2n) is 4.34. The third-order valence-electron chi connectivity index (χ3n) is 2.82. The third kappa shape index (κ3) is 3.70. The van der Waals surface area contributed by atoms with E-state index in [2.05, 4.69) is 26.0 Å². The smallest absolute Gasteiger partial charge is 0.242 e. The monoisotopic (exact) mass is 377 g/mol. The molecule has 0 bridgehead atoms. The van der Waals surface area contributed by atoms with Gasteiger partial charge in [0, 0.05) is 36.9 Å². The normalized spacial score (nSPS) is 11.9. The van der Waals surface area contributed by atoms with E-state index in [1.807, 2.05) is 30.8 Å². The van der Waals surface area contributed by atoms with Crippen LogP contribution in [0, 0.1) is 0 Å². The van der Waals surface area contributed by atoms with Gasteiger partial charge in [0.05, 0.1) is 8.68 Å². The first-order valence-corrected chi connectivity index (χ1v) is 9.05. The van der Waals surface area contributed by atoms with Gasteiger partial charge in [0.15, 0.2) is 0 Å². The molecule has 0 unspecified atom stereocenters. The Morgan fingerprint density at radius 1 is 1.35 bits per heavy atom. The van der Waals surface area contributed by atoms with Gasteiger partial charge in [-0.25, -0.2) is 13.1 Å². The molecule has 0 amide bonds. The summed E-state index contributed by atoms with van der Waals surface area (Å²) in [6.07, 6.45) is 1.62. The average Bonchev–Trinajstić information content (AvgIpc) is 2.95. The molecule has 2 N–H and O–H groups in total. The minimum Gasteiger partial charge on any atom is -0.352 e. The maximum atomic E-state index is 12.2. The summed E-state index contributed by atoms with van der Waals surface area (Å²) >= 11 is 4.87. The molecule has 0 spiro atoms. The molecule has 2 aromatic heterocycles. The summed E-state index contributed by atoms with van der Waals surface area (Å²) in [4.78, 5) is 1.26. The first-order chi connectivity index (χ1) is 9.42. The van der Waals surface area contributed by atoms with Gasteiger partial charge in [0.2, 0.25) is 10.0 Å². The number of sulfonamides is 1. The summed E-state index contributed by atoms with van der Waals surface area (Å²) in [7, 11) is 0.186. The van der Waals surface area contributed by atoms with Gasteiger partial charge in [-0.05, 0) is 41.2 Å². The quantitative estimate of drug-likeness (QED) is 0.809. The Kier molecular flexibility index (Phi) is 5.03. The maximum absolute atomic E-state index is 12.2. The highest BCUT2D eigenvalue weighted by Gasteiger charge is 2.17. The van der Waals surface area contributed by atoms with Crippen molar-refractivity contribution in [2.45, 2.75) is 18.0 Å². The Balaban J connectivity index is 2.11. The Labute approximate surface area is 131 Å². The molecule has 0 saturated carbocycles. The van der Waals surface area contributed by atoms with Gasteiger partial charge in [-0.3, -0.25) is 0 Å². The van der Waals surface area contributed by atoms with E-state index in [1.165, 1.54) is 11.3 Å². The number of rotatable bonds is 6. The van der Waals surface area contributed by atoms with E-state index in [0.717, 1.165) is 14.4 Å². The second kappa shape index (κ2) is 6.40. The van der Waals surface area contributed by atoms with Gasteiger partial charge in [0.1, 0.15) is 0 Å². The zero-order chi connectivity index (χ0) is 14.8. The van der Waals surface area contributed by atoms with E-state index in [4.69, 9.17) is 0 Å². The number of hydrogen-bond acceptors (Lipinski definition) is 4. The summed E-state index contributed by atoms with van der Waals surface area (Å²) in [5, 5.41) is 3.01. The van der Waals surface area contributed by atoms with Crippen molar-refractivity contribution in [3.05, 3.63) is 38.8 Å². The number of nitrogens with one attached hydrogen (secondary N) is 2. The molecule has 2 heterocycles. The van der Waals surface area contributed by atoms with Crippen molar-refractivity contribution in [2.75, 3.05) is 7.05 Å². The molecule has 8 heteroatoms. The molecule has 0 aromatic carbocycles. The first kappa shape index (κ1) is 15.7. The van der Waals surface area contributed by atoms with Crippen LogP contribution in [0.4, 0.5) is 0 Å². The molecule has 5 nitrogen and oxygen atoms in total. The van der Waals surface area contributed by atoms with Crippen LogP contribution < -0.4 is 10.0 Å². The molecular formula is C12H16BrN3O2S2. The summed E-state index contributed by atoms with van der Waals surface area (Å²) in [5.41, 5.74) is 0.923. The Bertz CT molecular complexity index is 691. The van der Waals surface area contributed by atoms with Crippen LogP contribution in [-0.2, 0) is 30.2 Å². The van der Waals surface area contributed by atoms with Gasteiger partial charge in [0.25, 0.3) is 0 Å². The molecule has 0 aliphatic rings. The highest BCUT2D eigenvalue weighted by atomic mass is 79.9. The molecule has 0 aliphatic carbocycles. The number of aromatic nitrogens is 1. The first-order valence-electron chi connectivity index (χ1n) is 5.96. The summed E-state index contributed by atoms with van der Waals surface area (Å²) in [5.74, 6) is 0. The van der Waals surface area contributed by atoms with Crippen LogP contribution in [0.5, 0.6) is 0 Å². The lowest BCUT2D eigenvalue weighted by Gasteiger charge is -2.02. The largest absolute Gasteiger partial charge is 0.352 e. The molecule has 0 fully saturated rings. The number of aryl methyl sites for hydroxylation is 1. The van der Waals surface area contributed by atoms with Gasteiger partial charge < -0.3 is 9.88 Å². The maximum Gasteiger partial charge on any atom is 0.242 e. The second-order valence-corrected chi connectivity index (χ2v) is 8.65. The van der Waals surface area contributed by atoms with E-state index in [0.29, 0.717) is 18.0 Å². The fraction of sp³-hybridized carbons (Fsp3) is 0.333. The van der Waals surface area contributed by atoms with Crippen molar-refractivity contribution in [3.63, 3.8) is 0 Å². The summed E-state index contributed by atoms with van der Waals surface area (Å²) in [6.45, 7) is 0.929. The van der Waals surface area contributed by atoms with Crippen molar-refractivity contribution < 1.29 is 8.42 Å². The number of hydrogen-bond donors (Lipinski definition) is 2. The van der Waals surface area contributed by atoms with Gasteiger partial charge in [-0.15, -0.1) is 11.3 Å². The average molecular weight is 378 g/mol. The minimum atomic E-state index is -3.48. The molecule has 0 aliphatic heterocycles. The van der Waals surface area contributed by atoms with E-state index >= 15 is 0 Å². The Morgan fingerprint density at radius 3 is 2.70 bits per heavy atom. The Morgan fingerprint density at radius 2 is 2.10 bits per heavy atom. The van der Waals surface area contributed by atoms with Crippen LogP contribution in [0.3, 0.4) is 0 Å². The van der Waals surface area contributed by atoms with Crippen LogP contribution in [0.1, 0.15) is 10.6 Å². The van der Waals surface area contributed by atoms with Crippen LogP contribution >= 0.6 is 27.3 Å². The molecule has 2 rings (SSSR count). The predicted molar refractivity (Wildman–Crippen MR) is 84.2 cm³/mol. The lowest BCUT2D eigenvalue weighted by atomic mass is 10.4. The van der Waals surface area contributed by atoms with Crippen LogP contribution in [-0.4, -0.2) is 20.0 Å². The van der Waals surface area contributed by atoms with Crippen molar-refractivity contribution in [1.82, 2.24) is 14.6 Å². The molecule has 0 saturated heterocycles. The molecule has 2 aromatic rings. The highest BCUT2D eigenvalue weighted by Crippen LogP contribution is 2.22. The fourth-order valence-corrected chi connectivity index (χ4v) is 4.39. The van der Waals surface area contributed by atoms with Crippen molar-refractivity contribution in [3.8, 4) is 0 Å². The molecule has 110 valence electrons. The lowest BCUT2D eigenvalue weighted by molar-refractivity contribution is 0.581. The predicted octanol–water partition coefficient (Wildman–Crippen LogP) is 2.05. The third-order valence-corrected chi connectivity index (χ3v) is 5.81. The molecule has 0 atom stereocenters. The summed E-state index contributed by atoms with van der Waals surface area (Å²) < 4.78 is 29.9. The van der Waals surface area contributed by atoms with Crippen LogP contribution in [0.25, 0.3) is 0 Å². The fourth-order valence-electron chi connectivity index (χ4n) is 1.78. The summed E-state index contributed by atoms with van der Waals surface area (Å²) in [6, 6.07) is 5.49. The van der Waals surface area contributed by atoms with E-state index < -0.39 is 10.0 Å². The highest BCUT2D eigenvalue weighted by molar-refractivity contribution is 9.11. The standard InChI is InChI=1S/C12H16BrN3O2S2/c1-14-6-9-5-11(8-16(9)2)20(17,18)15-7-10-3-4-12(13)19-10/h3-5,8,14-15H,6-7H2,1-2H3. The number of nitrogens with zero attached hydrogens (tertiary/aromatic N) is 1. The van der Waals surface area contributed by atoms with Crippen molar-refractivity contribution >= 4 is 37.3 Å².